The summed E-state index contributed by atoms with van der Waals surface area (Å²) in [6.07, 6.45) is -0.345. The molecule has 3 rings (SSSR count). The number of hydrogen-bond acceptors (Lipinski definition) is 5. The Balaban J connectivity index is 1.92. The molecule has 1 aromatic carbocycles. The van der Waals surface area contributed by atoms with Gasteiger partial charge in [-0.15, -0.1) is 0 Å². The summed E-state index contributed by atoms with van der Waals surface area (Å²) in [6.45, 7) is 7.87. The lowest BCUT2D eigenvalue weighted by molar-refractivity contribution is 0.0580. The molecule has 0 fully saturated rings. The fraction of sp³-hybridized carbons (Fsp3) is 0.533. The van der Waals surface area contributed by atoms with Gasteiger partial charge in [0.15, 0.2) is 11.5 Å². The molecule has 0 bridgehead atoms. The highest BCUT2D eigenvalue weighted by molar-refractivity contribution is 5.94. The van der Waals surface area contributed by atoms with Crippen LogP contribution in [-0.4, -0.2) is 38.0 Å². The van der Waals surface area contributed by atoms with Gasteiger partial charge in [-0.05, 0) is 20.8 Å². The van der Waals surface area contributed by atoms with Crippen LogP contribution in [0.2, 0.25) is 0 Å². The first-order valence-corrected chi connectivity index (χ1v) is 7.12. The van der Waals surface area contributed by atoms with E-state index >= 15 is 0 Å². The monoisotopic (exact) mass is 292 g/mol. The lowest BCUT2D eigenvalue weighted by atomic mass is 10.1. The molecular weight excluding hydrogens is 272 g/mol. The fourth-order valence-electron chi connectivity index (χ4n) is 2.37. The van der Waals surface area contributed by atoms with E-state index in [0.29, 0.717) is 37.8 Å². The van der Waals surface area contributed by atoms with Crippen molar-refractivity contribution < 1.29 is 19.0 Å². The number of anilines is 2. The summed E-state index contributed by atoms with van der Waals surface area (Å²) in [5.41, 5.74) is 1.10. The number of nitrogens with zero attached hydrogens (tertiary/aromatic N) is 1. The topological polar surface area (TPSA) is 60.0 Å². The lowest BCUT2D eigenvalue weighted by Crippen LogP contribution is -2.42. The zero-order chi connectivity index (χ0) is 15.0. The number of ether oxygens (including phenoxy) is 3. The second-order valence-electron chi connectivity index (χ2n) is 6.07. The molecule has 0 atom stereocenters. The highest BCUT2D eigenvalue weighted by Gasteiger charge is 2.29. The Kier molecular flexibility index (Phi) is 3.31. The minimum Gasteiger partial charge on any atom is -0.486 e. The van der Waals surface area contributed by atoms with Crippen LogP contribution in [0.5, 0.6) is 11.5 Å². The standard InChI is InChI=1S/C15H20N2O4/c1-15(2,3)21-14(18)17-5-4-16-10-8-12-13(9-11(10)17)20-7-6-19-12/h8-9,16H,4-7H2,1-3H3. The summed E-state index contributed by atoms with van der Waals surface area (Å²) < 4.78 is 16.6. The van der Waals surface area contributed by atoms with E-state index in [4.69, 9.17) is 14.2 Å². The van der Waals surface area contributed by atoms with Crippen molar-refractivity contribution in [2.45, 2.75) is 26.4 Å². The van der Waals surface area contributed by atoms with Crippen LogP contribution < -0.4 is 19.7 Å². The van der Waals surface area contributed by atoms with Crippen LogP contribution in [0.25, 0.3) is 0 Å². The first-order valence-electron chi connectivity index (χ1n) is 7.12. The molecule has 114 valence electrons. The highest BCUT2D eigenvalue weighted by Crippen LogP contribution is 2.41. The number of fused-ring (bicyclic) bond motifs is 2. The zero-order valence-electron chi connectivity index (χ0n) is 12.6. The van der Waals surface area contributed by atoms with E-state index in [1.165, 1.54) is 0 Å². The van der Waals surface area contributed by atoms with Gasteiger partial charge in [-0.1, -0.05) is 0 Å². The molecule has 0 radical (unpaired) electrons. The minimum atomic E-state index is -0.518. The fourth-order valence-corrected chi connectivity index (χ4v) is 2.37. The van der Waals surface area contributed by atoms with Crippen molar-refractivity contribution in [2.75, 3.05) is 36.5 Å². The number of hydrogen-bond donors (Lipinski definition) is 1. The van der Waals surface area contributed by atoms with Gasteiger partial charge in [0.2, 0.25) is 0 Å². The van der Waals surface area contributed by atoms with E-state index in [-0.39, 0.29) is 6.09 Å². The van der Waals surface area contributed by atoms with Crippen molar-refractivity contribution in [2.24, 2.45) is 0 Å². The lowest BCUT2D eigenvalue weighted by Gasteiger charge is -2.33. The maximum Gasteiger partial charge on any atom is 0.414 e. The molecule has 1 amide bonds. The quantitative estimate of drug-likeness (QED) is 0.796. The van der Waals surface area contributed by atoms with Gasteiger partial charge in [0, 0.05) is 25.2 Å². The average molecular weight is 292 g/mol. The van der Waals surface area contributed by atoms with Crippen molar-refractivity contribution in [3.63, 3.8) is 0 Å². The molecule has 1 aromatic rings. The molecule has 0 saturated carbocycles. The molecule has 0 unspecified atom stereocenters. The third-order valence-electron chi connectivity index (χ3n) is 3.22. The van der Waals surface area contributed by atoms with Gasteiger partial charge in [-0.3, -0.25) is 4.90 Å². The third-order valence-corrected chi connectivity index (χ3v) is 3.22. The Morgan fingerprint density at radius 3 is 2.57 bits per heavy atom. The van der Waals surface area contributed by atoms with Gasteiger partial charge < -0.3 is 19.5 Å². The first kappa shape index (κ1) is 13.9. The van der Waals surface area contributed by atoms with Gasteiger partial charge in [-0.25, -0.2) is 4.79 Å². The van der Waals surface area contributed by atoms with Crippen molar-refractivity contribution in [1.82, 2.24) is 0 Å². The van der Waals surface area contributed by atoms with E-state index in [1.807, 2.05) is 32.9 Å². The molecule has 0 aromatic heterocycles. The molecule has 0 spiro atoms. The SMILES string of the molecule is CC(C)(C)OC(=O)N1CCNc2cc3c(cc21)OCCO3. The number of amides is 1. The van der Waals surface area contributed by atoms with E-state index in [1.54, 1.807) is 4.90 Å². The molecule has 1 N–H and O–H groups in total. The number of carbonyl (C=O) groups is 1. The second-order valence-corrected chi connectivity index (χ2v) is 6.07. The summed E-state index contributed by atoms with van der Waals surface area (Å²) in [6, 6.07) is 3.71. The van der Waals surface area contributed by atoms with E-state index < -0.39 is 5.60 Å². The molecular formula is C15H20N2O4. The molecule has 0 saturated heterocycles. The summed E-state index contributed by atoms with van der Waals surface area (Å²) >= 11 is 0. The van der Waals surface area contributed by atoms with Gasteiger partial charge >= 0.3 is 6.09 Å². The Morgan fingerprint density at radius 1 is 1.24 bits per heavy atom. The number of rotatable bonds is 0. The van der Waals surface area contributed by atoms with Crippen LogP contribution in [0.3, 0.4) is 0 Å². The summed E-state index contributed by atoms with van der Waals surface area (Å²) in [5.74, 6) is 1.37. The van der Waals surface area contributed by atoms with Gasteiger partial charge in [-0.2, -0.15) is 0 Å². The van der Waals surface area contributed by atoms with Crippen molar-refractivity contribution in [3.05, 3.63) is 12.1 Å². The van der Waals surface area contributed by atoms with Crippen LogP contribution in [0.4, 0.5) is 16.2 Å². The predicted octanol–water partition coefficient (Wildman–Crippen LogP) is 2.62. The van der Waals surface area contributed by atoms with Crippen molar-refractivity contribution >= 4 is 17.5 Å². The smallest absolute Gasteiger partial charge is 0.414 e. The zero-order valence-corrected chi connectivity index (χ0v) is 12.6. The van der Waals surface area contributed by atoms with Gasteiger partial charge in [0.1, 0.15) is 18.8 Å². The molecule has 6 heteroatoms. The van der Waals surface area contributed by atoms with E-state index in [0.717, 1.165) is 11.4 Å². The number of nitrogens with one attached hydrogen (secondary N) is 1. The summed E-state index contributed by atoms with van der Waals surface area (Å²) in [5, 5.41) is 3.28. The van der Waals surface area contributed by atoms with Crippen molar-refractivity contribution in [1.29, 1.82) is 0 Å². The predicted molar refractivity (Wildman–Crippen MR) is 79.5 cm³/mol. The van der Waals surface area contributed by atoms with Crippen LogP contribution in [0.1, 0.15) is 20.8 Å². The molecule has 0 aliphatic carbocycles. The second kappa shape index (κ2) is 5.02. The molecule has 6 nitrogen and oxygen atoms in total. The van der Waals surface area contributed by atoms with Crippen molar-refractivity contribution in [3.8, 4) is 11.5 Å². The Labute approximate surface area is 124 Å². The summed E-state index contributed by atoms with van der Waals surface area (Å²) in [7, 11) is 0. The molecule has 2 aliphatic rings. The average Bonchev–Trinajstić information content (AvgIpc) is 2.42. The summed E-state index contributed by atoms with van der Waals surface area (Å²) in [4.78, 5) is 14.0. The highest BCUT2D eigenvalue weighted by atomic mass is 16.6. The maximum atomic E-state index is 12.3. The number of benzene rings is 1. The molecule has 21 heavy (non-hydrogen) atoms. The Hall–Kier alpha value is -2.11. The van der Waals surface area contributed by atoms with Crippen LogP contribution in [0.15, 0.2) is 12.1 Å². The maximum absolute atomic E-state index is 12.3. The van der Waals surface area contributed by atoms with E-state index in [9.17, 15) is 4.79 Å². The molecule has 2 heterocycles. The van der Waals surface area contributed by atoms with Crippen LogP contribution in [0, 0.1) is 0 Å². The van der Waals surface area contributed by atoms with Crippen LogP contribution >= 0.6 is 0 Å². The Bertz CT molecular complexity index is 566. The number of carbonyl (C=O) groups excluding carboxylic acids is 1. The van der Waals surface area contributed by atoms with Gasteiger partial charge in [0.05, 0.1) is 11.4 Å². The minimum absolute atomic E-state index is 0.345. The Morgan fingerprint density at radius 2 is 1.90 bits per heavy atom. The third kappa shape index (κ3) is 2.84. The van der Waals surface area contributed by atoms with Gasteiger partial charge in [0.25, 0.3) is 0 Å². The van der Waals surface area contributed by atoms with E-state index in [2.05, 4.69) is 5.32 Å². The largest absolute Gasteiger partial charge is 0.486 e. The normalized spacial score (nSPS) is 16.8. The first-order chi connectivity index (χ1) is 9.94. The molecule has 2 aliphatic heterocycles. The van der Waals surface area contributed by atoms with Crippen LogP contribution in [-0.2, 0) is 4.74 Å².